The van der Waals surface area contributed by atoms with E-state index < -0.39 is 5.66 Å². The largest absolute Gasteiger partial charge is 0.313 e. The second-order valence-electron chi connectivity index (χ2n) is 5.90. The van der Waals surface area contributed by atoms with Crippen LogP contribution in [0.3, 0.4) is 0 Å². The molecule has 0 aromatic carbocycles. The first-order valence-electron chi connectivity index (χ1n) is 8.07. The summed E-state index contributed by atoms with van der Waals surface area (Å²) in [6, 6.07) is 0. The SMILES string of the molecule is CCCCCCCCC(N)(N)C(CC)(CC)CC. The average Bonchev–Trinajstić information content (AvgIpc) is 2.36. The van der Waals surface area contributed by atoms with E-state index in [0.29, 0.717) is 0 Å². The molecule has 0 aliphatic carbocycles. The lowest BCUT2D eigenvalue weighted by Gasteiger charge is -2.45. The molecule has 0 saturated carbocycles. The van der Waals surface area contributed by atoms with Crippen molar-refractivity contribution in [2.24, 2.45) is 16.9 Å². The molecule has 0 aliphatic rings. The van der Waals surface area contributed by atoms with Crippen LogP contribution in [0.4, 0.5) is 0 Å². The molecule has 0 aromatic rings. The van der Waals surface area contributed by atoms with Gasteiger partial charge in [-0.15, -0.1) is 0 Å². The maximum atomic E-state index is 6.45. The van der Waals surface area contributed by atoms with Crippen LogP contribution in [0.25, 0.3) is 0 Å². The molecule has 0 fully saturated rings. The maximum Gasteiger partial charge on any atom is 0.0694 e. The zero-order chi connectivity index (χ0) is 14.1. The van der Waals surface area contributed by atoms with Gasteiger partial charge in [0.15, 0.2) is 0 Å². The third-order valence-electron chi connectivity index (χ3n) is 4.96. The van der Waals surface area contributed by atoms with E-state index in [2.05, 4.69) is 27.7 Å². The molecular formula is C16H36N2. The monoisotopic (exact) mass is 256 g/mol. The molecule has 110 valence electrons. The van der Waals surface area contributed by atoms with Crippen LogP contribution in [-0.2, 0) is 0 Å². The van der Waals surface area contributed by atoms with E-state index >= 15 is 0 Å². The topological polar surface area (TPSA) is 52.0 Å². The smallest absolute Gasteiger partial charge is 0.0694 e. The van der Waals surface area contributed by atoms with Crippen molar-refractivity contribution in [1.29, 1.82) is 0 Å². The molecule has 4 N–H and O–H groups in total. The predicted octanol–water partition coefficient (Wildman–Crippen LogP) is 4.57. The molecule has 0 radical (unpaired) electrons. The Labute approximate surface area is 115 Å². The van der Waals surface area contributed by atoms with Gasteiger partial charge in [0, 0.05) is 5.41 Å². The Morgan fingerprint density at radius 1 is 0.667 bits per heavy atom. The second kappa shape index (κ2) is 8.92. The summed E-state index contributed by atoms with van der Waals surface area (Å²) in [5.74, 6) is 0. The lowest BCUT2D eigenvalue weighted by molar-refractivity contribution is 0.0917. The standard InChI is InChI=1S/C16H36N2/c1-5-9-10-11-12-13-14-16(17,18)15(6-2,7-3)8-4/h5-14,17-18H2,1-4H3. The van der Waals surface area contributed by atoms with Gasteiger partial charge in [-0.25, -0.2) is 0 Å². The number of hydrogen-bond acceptors (Lipinski definition) is 2. The highest BCUT2D eigenvalue weighted by molar-refractivity contribution is 4.96. The third-order valence-corrected chi connectivity index (χ3v) is 4.96. The molecule has 0 heterocycles. The summed E-state index contributed by atoms with van der Waals surface area (Å²) in [7, 11) is 0. The maximum absolute atomic E-state index is 6.45. The molecule has 0 bridgehead atoms. The van der Waals surface area contributed by atoms with E-state index in [1.54, 1.807) is 0 Å². The zero-order valence-corrected chi connectivity index (χ0v) is 13.2. The highest BCUT2D eigenvalue weighted by atomic mass is 15.0. The van der Waals surface area contributed by atoms with Gasteiger partial charge in [0.1, 0.15) is 0 Å². The Hall–Kier alpha value is -0.0800. The quantitative estimate of drug-likeness (QED) is 0.420. The summed E-state index contributed by atoms with van der Waals surface area (Å²) >= 11 is 0. The predicted molar refractivity (Wildman–Crippen MR) is 82.4 cm³/mol. The van der Waals surface area contributed by atoms with Gasteiger partial charge in [-0.3, -0.25) is 0 Å². The Morgan fingerprint density at radius 2 is 1.11 bits per heavy atom. The minimum Gasteiger partial charge on any atom is -0.313 e. The first-order chi connectivity index (χ1) is 8.49. The van der Waals surface area contributed by atoms with Gasteiger partial charge < -0.3 is 11.5 Å². The van der Waals surface area contributed by atoms with Gasteiger partial charge in [-0.2, -0.15) is 0 Å². The highest BCUT2D eigenvalue weighted by Crippen LogP contribution is 2.39. The van der Waals surface area contributed by atoms with E-state index in [4.69, 9.17) is 11.5 Å². The summed E-state index contributed by atoms with van der Waals surface area (Å²) in [5, 5.41) is 0. The lowest BCUT2D eigenvalue weighted by Crippen LogP contribution is -2.62. The Morgan fingerprint density at radius 3 is 1.56 bits per heavy atom. The summed E-state index contributed by atoms with van der Waals surface area (Å²) < 4.78 is 0. The van der Waals surface area contributed by atoms with E-state index in [1.165, 1.54) is 38.5 Å². The van der Waals surface area contributed by atoms with Crippen molar-refractivity contribution in [3.8, 4) is 0 Å². The van der Waals surface area contributed by atoms with Crippen LogP contribution in [0, 0.1) is 5.41 Å². The zero-order valence-electron chi connectivity index (χ0n) is 13.2. The Balaban J connectivity index is 4.12. The fraction of sp³-hybridized carbons (Fsp3) is 1.00. The van der Waals surface area contributed by atoms with Crippen molar-refractivity contribution < 1.29 is 0 Å². The summed E-state index contributed by atoms with van der Waals surface area (Å²) in [6.07, 6.45) is 12.0. The van der Waals surface area contributed by atoms with Gasteiger partial charge in [-0.1, -0.05) is 66.2 Å². The van der Waals surface area contributed by atoms with Crippen LogP contribution in [-0.4, -0.2) is 5.66 Å². The molecule has 0 spiro atoms. The van der Waals surface area contributed by atoms with Crippen LogP contribution in [0.2, 0.25) is 0 Å². The van der Waals surface area contributed by atoms with Gasteiger partial charge in [0.25, 0.3) is 0 Å². The van der Waals surface area contributed by atoms with Gasteiger partial charge in [-0.05, 0) is 25.7 Å². The van der Waals surface area contributed by atoms with Crippen molar-refractivity contribution >= 4 is 0 Å². The number of hydrogen-bond donors (Lipinski definition) is 2. The lowest BCUT2D eigenvalue weighted by atomic mass is 9.68. The normalized spacial score (nSPS) is 13.0. The third kappa shape index (κ3) is 4.89. The molecule has 0 unspecified atom stereocenters. The molecule has 2 heteroatoms. The van der Waals surface area contributed by atoms with Crippen molar-refractivity contribution in [2.45, 2.75) is 97.6 Å². The number of rotatable bonds is 11. The van der Waals surface area contributed by atoms with E-state index in [1.807, 2.05) is 0 Å². The van der Waals surface area contributed by atoms with Crippen LogP contribution >= 0.6 is 0 Å². The van der Waals surface area contributed by atoms with Gasteiger partial charge in [0.2, 0.25) is 0 Å². The minimum atomic E-state index is -0.490. The molecule has 2 nitrogen and oxygen atoms in total. The second-order valence-corrected chi connectivity index (χ2v) is 5.90. The Bertz CT molecular complexity index is 187. The van der Waals surface area contributed by atoms with Gasteiger partial charge >= 0.3 is 0 Å². The molecule has 0 atom stereocenters. The molecular weight excluding hydrogens is 220 g/mol. The fourth-order valence-corrected chi connectivity index (χ4v) is 3.20. The number of unbranched alkanes of at least 4 members (excludes halogenated alkanes) is 5. The molecule has 18 heavy (non-hydrogen) atoms. The summed E-state index contributed by atoms with van der Waals surface area (Å²) in [5.41, 5.74) is 12.5. The van der Waals surface area contributed by atoms with Crippen LogP contribution in [0.5, 0.6) is 0 Å². The van der Waals surface area contributed by atoms with Crippen molar-refractivity contribution in [2.75, 3.05) is 0 Å². The van der Waals surface area contributed by atoms with Crippen molar-refractivity contribution in [3.05, 3.63) is 0 Å². The number of nitrogens with two attached hydrogens (primary N) is 2. The van der Waals surface area contributed by atoms with Crippen LogP contribution in [0.15, 0.2) is 0 Å². The van der Waals surface area contributed by atoms with Gasteiger partial charge in [0.05, 0.1) is 5.66 Å². The summed E-state index contributed by atoms with van der Waals surface area (Å²) in [6.45, 7) is 8.93. The van der Waals surface area contributed by atoms with E-state index in [-0.39, 0.29) is 5.41 Å². The molecule has 0 saturated heterocycles. The fourth-order valence-electron chi connectivity index (χ4n) is 3.20. The molecule has 0 amide bonds. The van der Waals surface area contributed by atoms with Crippen molar-refractivity contribution in [3.63, 3.8) is 0 Å². The van der Waals surface area contributed by atoms with E-state index in [0.717, 1.165) is 25.7 Å². The molecule has 0 rings (SSSR count). The molecule has 0 aliphatic heterocycles. The first-order valence-corrected chi connectivity index (χ1v) is 8.07. The molecule has 0 aromatic heterocycles. The highest BCUT2D eigenvalue weighted by Gasteiger charge is 2.41. The van der Waals surface area contributed by atoms with Crippen LogP contribution in [0.1, 0.15) is 91.9 Å². The van der Waals surface area contributed by atoms with Crippen LogP contribution < -0.4 is 11.5 Å². The Kier molecular flexibility index (Phi) is 8.89. The van der Waals surface area contributed by atoms with Crippen molar-refractivity contribution in [1.82, 2.24) is 0 Å². The average molecular weight is 256 g/mol. The first kappa shape index (κ1) is 17.9. The minimum absolute atomic E-state index is 0.121. The summed E-state index contributed by atoms with van der Waals surface area (Å²) in [4.78, 5) is 0. The van der Waals surface area contributed by atoms with E-state index in [9.17, 15) is 0 Å².